The molecule has 0 fully saturated rings. The minimum absolute atomic E-state index is 0.198. The molecular weight excluding hydrogens is 316 g/mol. The fourth-order valence-electron chi connectivity index (χ4n) is 3.27. The standard InChI is InChI=1S/C21H26O4/c1-5-21(4,15-8-10-16(11-9-15)22-6-2)17-12-19-20(25-14-24-19)13-18(17)23-7-3/h8-13H,5-7,14H2,1-4H3/t21-/m1/s1. The molecule has 0 aliphatic carbocycles. The van der Waals surface area contributed by atoms with Gasteiger partial charge in [0.25, 0.3) is 0 Å². The lowest BCUT2D eigenvalue weighted by Crippen LogP contribution is -2.23. The van der Waals surface area contributed by atoms with Crippen molar-refractivity contribution in [3.05, 3.63) is 47.5 Å². The van der Waals surface area contributed by atoms with Crippen LogP contribution in [-0.2, 0) is 5.41 Å². The molecule has 0 aromatic heterocycles. The summed E-state index contributed by atoms with van der Waals surface area (Å²) in [5.41, 5.74) is 2.14. The highest BCUT2D eigenvalue weighted by Gasteiger charge is 2.32. The molecular formula is C21H26O4. The minimum Gasteiger partial charge on any atom is -0.494 e. The summed E-state index contributed by atoms with van der Waals surface area (Å²) in [7, 11) is 0. The second-order valence-corrected chi connectivity index (χ2v) is 6.28. The molecule has 25 heavy (non-hydrogen) atoms. The van der Waals surface area contributed by atoms with E-state index in [0.717, 1.165) is 35.0 Å². The lowest BCUT2D eigenvalue weighted by molar-refractivity contribution is 0.173. The molecule has 0 radical (unpaired) electrons. The van der Waals surface area contributed by atoms with Crippen molar-refractivity contribution in [3.63, 3.8) is 0 Å². The molecule has 0 N–H and O–H groups in total. The van der Waals surface area contributed by atoms with Gasteiger partial charge >= 0.3 is 0 Å². The molecule has 2 aromatic carbocycles. The Bertz CT molecular complexity index is 723. The van der Waals surface area contributed by atoms with Crippen molar-refractivity contribution in [2.45, 2.75) is 39.5 Å². The van der Waals surface area contributed by atoms with Crippen LogP contribution in [0.4, 0.5) is 0 Å². The average molecular weight is 342 g/mol. The van der Waals surface area contributed by atoms with Crippen molar-refractivity contribution in [1.29, 1.82) is 0 Å². The van der Waals surface area contributed by atoms with Crippen molar-refractivity contribution >= 4 is 0 Å². The molecule has 0 amide bonds. The average Bonchev–Trinajstić information content (AvgIpc) is 3.09. The van der Waals surface area contributed by atoms with Crippen LogP contribution < -0.4 is 18.9 Å². The second-order valence-electron chi connectivity index (χ2n) is 6.28. The Balaban J connectivity index is 2.06. The van der Waals surface area contributed by atoms with Crippen molar-refractivity contribution in [2.24, 2.45) is 0 Å². The van der Waals surface area contributed by atoms with Crippen molar-refractivity contribution in [3.8, 4) is 23.0 Å². The second kappa shape index (κ2) is 7.26. The van der Waals surface area contributed by atoms with Gasteiger partial charge in [0.15, 0.2) is 11.5 Å². The van der Waals surface area contributed by atoms with Crippen LogP contribution in [0.3, 0.4) is 0 Å². The van der Waals surface area contributed by atoms with Crippen molar-refractivity contribution in [2.75, 3.05) is 20.0 Å². The highest BCUT2D eigenvalue weighted by Crippen LogP contribution is 2.46. The van der Waals surface area contributed by atoms with Gasteiger partial charge in [0, 0.05) is 17.0 Å². The molecule has 4 nitrogen and oxygen atoms in total. The lowest BCUT2D eigenvalue weighted by Gasteiger charge is -2.31. The molecule has 1 aliphatic rings. The van der Waals surface area contributed by atoms with E-state index in [0.29, 0.717) is 13.2 Å². The zero-order valence-corrected chi connectivity index (χ0v) is 15.4. The first kappa shape index (κ1) is 17.5. The van der Waals surface area contributed by atoms with Gasteiger partial charge in [-0.2, -0.15) is 0 Å². The zero-order chi connectivity index (χ0) is 17.9. The number of rotatable bonds is 7. The van der Waals surface area contributed by atoms with Crippen molar-refractivity contribution in [1.82, 2.24) is 0 Å². The Morgan fingerprint density at radius 1 is 0.920 bits per heavy atom. The molecule has 1 heterocycles. The van der Waals surface area contributed by atoms with Gasteiger partial charge in [-0.05, 0) is 44.0 Å². The van der Waals surface area contributed by atoms with Gasteiger partial charge in [-0.25, -0.2) is 0 Å². The smallest absolute Gasteiger partial charge is 0.231 e. The summed E-state index contributed by atoms with van der Waals surface area (Å²) in [6.07, 6.45) is 0.931. The molecule has 0 spiro atoms. The molecule has 0 bridgehead atoms. The number of fused-ring (bicyclic) bond motifs is 1. The maximum Gasteiger partial charge on any atom is 0.231 e. The van der Waals surface area contributed by atoms with E-state index in [1.165, 1.54) is 5.56 Å². The number of benzene rings is 2. The Morgan fingerprint density at radius 2 is 1.56 bits per heavy atom. The van der Waals surface area contributed by atoms with E-state index in [4.69, 9.17) is 18.9 Å². The Morgan fingerprint density at radius 3 is 2.16 bits per heavy atom. The van der Waals surface area contributed by atoms with Crippen LogP contribution in [0.5, 0.6) is 23.0 Å². The molecule has 2 aromatic rings. The summed E-state index contributed by atoms with van der Waals surface area (Å²) < 4.78 is 22.6. The molecule has 0 unspecified atom stereocenters. The van der Waals surface area contributed by atoms with Gasteiger partial charge in [-0.3, -0.25) is 0 Å². The lowest BCUT2D eigenvalue weighted by atomic mass is 9.73. The monoisotopic (exact) mass is 342 g/mol. The van der Waals surface area contributed by atoms with E-state index < -0.39 is 0 Å². The Hall–Kier alpha value is -2.36. The third-order valence-electron chi connectivity index (χ3n) is 4.88. The highest BCUT2D eigenvalue weighted by molar-refractivity contribution is 5.57. The summed E-state index contributed by atoms with van der Waals surface area (Å²) in [6, 6.07) is 12.3. The fraction of sp³-hybridized carbons (Fsp3) is 0.429. The summed E-state index contributed by atoms with van der Waals surface area (Å²) in [6.45, 7) is 9.95. The summed E-state index contributed by atoms with van der Waals surface area (Å²) in [5.74, 6) is 3.27. The third kappa shape index (κ3) is 3.26. The fourth-order valence-corrected chi connectivity index (χ4v) is 3.27. The molecule has 4 heteroatoms. The topological polar surface area (TPSA) is 36.9 Å². The van der Waals surface area contributed by atoms with Crippen LogP contribution in [0.1, 0.15) is 45.2 Å². The molecule has 134 valence electrons. The first-order chi connectivity index (χ1) is 12.1. The van der Waals surface area contributed by atoms with E-state index in [1.807, 2.05) is 32.0 Å². The van der Waals surface area contributed by atoms with Crippen molar-refractivity contribution < 1.29 is 18.9 Å². The maximum absolute atomic E-state index is 5.93. The van der Waals surface area contributed by atoms with Crippen LogP contribution >= 0.6 is 0 Å². The SMILES string of the molecule is CCOc1ccc([C@@](C)(CC)c2cc3c(cc2OCC)OCO3)cc1. The number of hydrogen-bond acceptors (Lipinski definition) is 4. The first-order valence-electron chi connectivity index (χ1n) is 8.92. The van der Waals surface area contributed by atoms with Gasteiger partial charge in [0.05, 0.1) is 13.2 Å². The Labute approximate surface area is 149 Å². The van der Waals surface area contributed by atoms with E-state index in [1.54, 1.807) is 0 Å². The molecule has 0 saturated heterocycles. The molecule has 0 saturated carbocycles. The minimum atomic E-state index is -0.198. The van der Waals surface area contributed by atoms with Crippen LogP contribution in [0.25, 0.3) is 0 Å². The van der Waals surface area contributed by atoms with E-state index in [9.17, 15) is 0 Å². The van der Waals surface area contributed by atoms with E-state index in [2.05, 4.69) is 32.0 Å². The zero-order valence-electron chi connectivity index (χ0n) is 15.4. The molecule has 3 rings (SSSR count). The summed E-state index contributed by atoms with van der Waals surface area (Å²) in [5, 5.41) is 0. The van der Waals surface area contributed by atoms with Gasteiger partial charge in [0.1, 0.15) is 11.5 Å². The highest BCUT2D eigenvalue weighted by atomic mass is 16.7. The van der Waals surface area contributed by atoms with Gasteiger partial charge in [0.2, 0.25) is 6.79 Å². The first-order valence-corrected chi connectivity index (χ1v) is 8.92. The van der Waals surface area contributed by atoms with Crippen LogP contribution in [0, 0.1) is 0 Å². The largest absolute Gasteiger partial charge is 0.494 e. The van der Waals surface area contributed by atoms with Gasteiger partial charge in [-0.1, -0.05) is 26.0 Å². The molecule has 1 aliphatic heterocycles. The molecule has 1 atom stereocenters. The quantitative estimate of drug-likeness (QED) is 0.715. The Kier molecular flexibility index (Phi) is 5.07. The summed E-state index contributed by atoms with van der Waals surface area (Å²) >= 11 is 0. The van der Waals surface area contributed by atoms with E-state index in [-0.39, 0.29) is 12.2 Å². The normalized spacial score (nSPS) is 14.9. The van der Waals surface area contributed by atoms with Crippen LogP contribution in [-0.4, -0.2) is 20.0 Å². The number of hydrogen-bond donors (Lipinski definition) is 0. The summed E-state index contributed by atoms with van der Waals surface area (Å²) in [4.78, 5) is 0. The van der Waals surface area contributed by atoms with E-state index >= 15 is 0 Å². The third-order valence-corrected chi connectivity index (χ3v) is 4.88. The van der Waals surface area contributed by atoms with Gasteiger partial charge in [-0.15, -0.1) is 0 Å². The van der Waals surface area contributed by atoms with Crippen LogP contribution in [0.2, 0.25) is 0 Å². The number of ether oxygens (including phenoxy) is 4. The van der Waals surface area contributed by atoms with Gasteiger partial charge < -0.3 is 18.9 Å². The van der Waals surface area contributed by atoms with Crippen LogP contribution in [0.15, 0.2) is 36.4 Å². The maximum atomic E-state index is 5.93. The predicted octanol–water partition coefficient (Wildman–Crippen LogP) is 4.93. The predicted molar refractivity (Wildman–Crippen MR) is 98.1 cm³/mol.